The molecule has 0 heterocycles. The first kappa shape index (κ1) is 27.9. The molecule has 0 fully saturated rings. The van der Waals surface area contributed by atoms with Gasteiger partial charge in [-0.05, 0) is 40.8 Å². The fourth-order valence-electron chi connectivity index (χ4n) is 3.68. The molecule has 0 bridgehead atoms. The van der Waals surface area contributed by atoms with Crippen molar-refractivity contribution in [2.45, 2.75) is 51.7 Å². The third-order valence-corrected chi connectivity index (χ3v) is 5.97. The van der Waals surface area contributed by atoms with Crippen LogP contribution in [-0.4, -0.2) is 24.5 Å². The molecule has 0 aliphatic heterocycles. The zero-order valence-corrected chi connectivity index (χ0v) is 21.7. The summed E-state index contributed by atoms with van der Waals surface area (Å²) < 4.78 is 10.6. The zero-order valence-electron chi connectivity index (χ0n) is 21.0. The van der Waals surface area contributed by atoms with Crippen LogP contribution in [0.4, 0.5) is 0 Å². The van der Waals surface area contributed by atoms with Gasteiger partial charge in [0.05, 0.1) is 25.5 Å². The molecular weight excluding hydrogens is 490 g/mol. The Morgan fingerprint density at radius 3 is 2.30 bits per heavy atom. The van der Waals surface area contributed by atoms with Gasteiger partial charge in [-0.1, -0.05) is 91.7 Å². The van der Waals surface area contributed by atoms with Gasteiger partial charge in [0.15, 0.2) is 0 Å². The second-order valence-corrected chi connectivity index (χ2v) is 9.11. The predicted octanol–water partition coefficient (Wildman–Crippen LogP) is 6.42. The number of carbonyl (C=O) groups is 3. The molecule has 0 aliphatic carbocycles. The Morgan fingerprint density at radius 2 is 1.59 bits per heavy atom. The van der Waals surface area contributed by atoms with E-state index in [2.05, 4.69) is 5.32 Å². The summed E-state index contributed by atoms with van der Waals surface area (Å²) in [5.74, 6) is -1.19. The number of halogens is 1. The Balaban J connectivity index is 1.66. The van der Waals surface area contributed by atoms with Crippen LogP contribution < -0.4 is 5.32 Å². The van der Waals surface area contributed by atoms with E-state index in [9.17, 15) is 14.4 Å². The molecule has 3 aromatic carbocycles. The lowest BCUT2D eigenvalue weighted by molar-refractivity contribution is -0.147. The molecule has 0 aliphatic rings. The average Bonchev–Trinajstić information content (AvgIpc) is 2.91. The normalized spacial score (nSPS) is 11.4. The van der Waals surface area contributed by atoms with Crippen LogP contribution in [0.3, 0.4) is 0 Å². The van der Waals surface area contributed by atoms with Gasteiger partial charge in [0.1, 0.15) is 6.61 Å². The van der Waals surface area contributed by atoms with Crippen molar-refractivity contribution < 1.29 is 23.9 Å². The van der Waals surface area contributed by atoms with Crippen LogP contribution in [0.15, 0.2) is 78.9 Å². The standard InChI is InChI=1S/C30H32ClNO5/c1-2-3-18-36-29(34)17-16-28(33)32-27(20-30(35)37-21-22-8-5-4-6-9-22)24-14-12-23(13-15-24)25-10-7-11-26(31)19-25/h4-15,19,27H,2-3,16-18,20-21H2,1H3,(H,32,33). The van der Waals surface area contributed by atoms with Gasteiger partial charge in [-0.25, -0.2) is 0 Å². The molecule has 0 spiro atoms. The molecule has 1 unspecified atom stereocenters. The van der Waals surface area contributed by atoms with Crippen molar-refractivity contribution in [3.05, 3.63) is 95.0 Å². The van der Waals surface area contributed by atoms with Crippen LogP contribution in [0.1, 0.15) is 56.2 Å². The number of benzene rings is 3. The molecule has 7 heteroatoms. The highest BCUT2D eigenvalue weighted by Crippen LogP contribution is 2.26. The number of hydrogen-bond donors (Lipinski definition) is 1. The van der Waals surface area contributed by atoms with Crippen molar-refractivity contribution in [2.24, 2.45) is 0 Å². The highest BCUT2D eigenvalue weighted by atomic mass is 35.5. The molecular formula is C30H32ClNO5. The maximum Gasteiger partial charge on any atom is 0.308 e. The van der Waals surface area contributed by atoms with Gasteiger partial charge in [0, 0.05) is 11.4 Å². The van der Waals surface area contributed by atoms with Gasteiger partial charge in [-0.3, -0.25) is 14.4 Å². The highest BCUT2D eigenvalue weighted by Gasteiger charge is 2.20. The summed E-state index contributed by atoms with van der Waals surface area (Å²) in [4.78, 5) is 37.2. The summed E-state index contributed by atoms with van der Waals surface area (Å²) in [6, 6.07) is 23.9. The minimum atomic E-state index is -0.611. The first-order chi connectivity index (χ1) is 17.9. The maximum atomic E-state index is 12.7. The van der Waals surface area contributed by atoms with Crippen molar-refractivity contribution >= 4 is 29.4 Å². The number of nitrogens with one attached hydrogen (secondary N) is 1. The van der Waals surface area contributed by atoms with E-state index in [0.717, 1.165) is 35.1 Å². The number of hydrogen-bond acceptors (Lipinski definition) is 5. The Bertz CT molecular complexity index is 1160. The Hall–Kier alpha value is -3.64. The minimum absolute atomic E-state index is 0.0194. The zero-order chi connectivity index (χ0) is 26.5. The third kappa shape index (κ3) is 9.73. The van der Waals surface area contributed by atoms with E-state index in [1.165, 1.54) is 0 Å². The van der Waals surface area contributed by atoms with E-state index in [1.807, 2.05) is 85.8 Å². The highest BCUT2D eigenvalue weighted by molar-refractivity contribution is 6.30. The van der Waals surface area contributed by atoms with E-state index in [-0.39, 0.29) is 31.8 Å². The van der Waals surface area contributed by atoms with E-state index >= 15 is 0 Å². The number of ether oxygens (including phenoxy) is 2. The number of rotatable bonds is 13. The average molecular weight is 522 g/mol. The monoisotopic (exact) mass is 521 g/mol. The lowest BCUT2D eigenvalue weighted by atomic mass is 9.99. The second kappa shape index (κ2) is 14.8. The van der Waals surface area contributed by atoms with Crippen LogP contribution in [0.5, 0.6) is 0 Å². The molecule has 194 valence electrons. The van der Waals surface area contributed by atoms with Crippen molar-refractivity contribution in [2.75, 3.05) is 6.61 Å². The Morgan fingerprint density at radius 1 is 0.838 bits per heavy atom. The predicted molar refractivity (Wildman–Crippen MR) is 144 cm³/mol. The maximum absolute atomic E-state index is 12.7. The molecule has 37 heavy (non-hydrogen) atoms. The third-order valence-electron chi connectivity index (χ3n) is 5.74. The topological polar surface area (TPSA) is 81.7 Å². The molecule has 1 N–H and O–H groups in total. The molecule has 3 rings (SSSR count). The van der Waals surface area contributed by atoms with E-state index in [0.29, 0.717) is 11.6 Å². The fourth-order valence-corrected chi connectivity index (χ4v) is 3.87. The summed E-state index contributed by atoms with van der Waals surface area (Å²) in [6.07, 6.45) is 1.62. The smallest absolute Gasteiger partial charge is 0.308 e. The molecule has 6 nitrogen and oxygen atoms in total. The molecule has 0 saturated carbocycles. The van der Waals surface area contributed by atoms with Crippen LogP contribution in [0.2, 0.25) is 5.02 Å². The molecule has 1 amide bonds. The van der Waals surface area contributed by atoms with Gasteiger partial charge in [0.25, 0.3) is 0 Å². The molecule has 0 aromatic heterocycles. The lowest BCUT2D eigenvalue weighted by Crippen LogP contribution is -2.31. The Labute approximate surface area is 222 Å². The summed E-state index contributed by atoms with van der Waals surface area (Å²) in [6.45, 7) is 2.51. The van der Waals surface area contributed by atoms with Gasteiger partial charge < -0.3 is 14.8 Å². The van der Waals surface area contributed by atoms with Crippen molar-refractivity contribution in [3.63, 3.8) is 0 Å². The van der Waals surface area contributed by atoms with E-state index in [1.54, 1.807) is 0 Å². The van der Waals surface area contributed by atoms with Crippen LogP contribution in [0, 0.1) is 0 Å². The molecule has 0 saturated heterocycles. The van der Waals surface area contributed by atoms with E-state index < -0.39 is 18.0 Å². The Kier molecular flexibility index (Phi) is 11.2. The number of unbranched alkanes of at least 4 members (excludes halogenated alkanes) is 1. The van der Waals surface area contributed by atoms with E-state index in [4.69, 9.17) is 21.1 Å². The quantitative estimate of drug-likeness (QED) is 0.207. The lowest BCUT2D eigenvalue weighted by Gasteiger charge is -2.19. The SMILES string of the molecule is CCCCOC(=O)CCC(=O)NC(CC(=O)OCc1ccccc1)c1ccc(-c2cccc(Cl)c2)cc1. The minimum Gasteiger partial charge on any atom is -0.466 e. The van der Waals surface area contributed by atoms with Gasteiger partial charge in [0.2, 0.25) is 5.91 Å². The molecule has 1 atom stereocenters. The van der Waals surface area contributed by atoms with Crippen LogP contribution >= 0.6 is 11.6 Å². The van der Waals surface area contributed by atoms with Crippen LogP contribution in [0.25, 0.3) is 11.1 Å². The van der Waals surface area contributed by atoms with Crippen molar-refractivity contribution in [1.29, 1.82) is 0 Å². The van der Waals surface area contributed by atoms with Crippen molar-refractivity contribution in [3.8, 4) is 11.1 Å². The first-order valence-electron chi connectivity index (χ1n) is 12.4. The molecule has 3 aromatic rings. The first-order valence-corrected chi connectivity index (χ1v) is 12.8. The second-order valence-electron chi connectivity index (χ2n) is 8.68. The fraction of sp³-hybridized carbons (Fsp3) is 0.300. The largest absolute Gasteiger partial charge is 0.466 e. The summed E-state index contributed by atoms with van der Waals surface area (Å²) in [5, 5.41) is 3.52. The number of esters is 2. The van der Waals surface area contributed by atoms with Gasteiger partial charge >= 0.3 is 11.9 Å². The molecule has 0 radical (unpaired) electrons. The van der Waals surface area contributed by atoms with Gasteiger partial charge in [-0.15, -0.1) is 0 Å². The number of amides is 1. The summed E-state index contributed by atoms with van der Waals surface area (Å²) in [5.41, 5.74) is 3.55. The summed E-state index contributed by atoms with van der Waals surface area (Å²) in [7, 11) is 0. The summed E-state index contributed by atoms with van der Waals surface area (Å²) >= 11 is 6.12. The van der Waals surface area contributed by atoms with Crippen molar-refractivity contribution in [1.82, 2.24) is 5.32 Å². The van der Waals surface area contributed by atoms with Gasteiger partial charge in [-0.2, -0.15) is 0 Å². The van der Waals surface area contributed by atoms with Crippen LogP contribution in [-0.2, 0) is 30.5 Å². The number of carbonyl (C=O) groups excluding carboxylic acids is 3.